The highest BCUT2D eigenvalue weighted by Crippen LogP contribution is 2.22. The number of nitrogens with one attached hydrogen (secondary N) is 1. The van der Waals surface area contributed by atoms with Crippen LogP contribution >= 0.6 is 11.6 Å². The van der Waals surface area contributed by atoms with Crippen molar-refractivity contribution >= 4 is 17.5 Å². The molecule has 1 N–H and O–H groups in total. The van der Waals surface area contributed by atoms with Gasteiger partial charge < -0.3 is 5.32 Å². The van der Waals surface area contributed by atoms with Crippen LogP contribution in [-0.4, -0.2) is 23.9 Å². The van der Waals surface area contributed by atoms with E-state index >= 15 is 0 Å². The van der Waals surface area contributed by atoms with E-state index in [9.17, 15) is 4.79 Å². The standard InChI is InChI=1S/C22H27ClN2O/c1-16-6-8-19(9-7-16)17(2)24-22(26)20-10-12-25(13-11-20)15-18-4-3-5-21(23)14-18/h3-9,14,17,20H,10-13,15H2,1-2H3,(H,24,26)/t17-/m0/s1. The SMILES string of the molecule is Cc1ccc([C@H](C)NC(=O)C2CCN(Cc3cccc(Cl)c3)CC2)cc1. The van der Waals surface area contributed by atoms with Gasteiger partial charge in [-0.05, 0) is 63.0 Å². The fraction of sp³-hybridized carbons (Fsp3) is 0.409. The maximum Gasteiger partial charge on any atom is 0.223 e. The Bertz CT molecular complexity index is 736. The van der Waals surface area contributed by atoms with E-state index in [1.807, 2.05) is 18.2 Å². The van der Waals surface area contributed by atoms with Crippen LogP contribution in [0.2, 0.25) is 5.02 Å². The molecular weight excluding hydrogens is 344 g/mol. The molecule has 3 nitrogen and oxygen atoms in total. The van der Waals surface area contributed by atoms with Crippen molar-refractivity contribution in [3.63, 3.8) is 0 Å². The van der Waals surface area contributed by atoms with Crippen LogP contribution < -0.4 is 5.32 Å². The molecule has 1 aliphatic rings. The highest BCUT2D eigenvalue weighted by atomic mass is 35.5. The number of benzene rings is 2. The molecule has 2 aromatic rings. The summed E-state index contributed by atoms with van der Waals surface area (Å²) in [7, 11) is 0. The third-order valence-electron chi connectivity index (χ3n) is 5.19. The number of aryl methyl sites for hydroxylation is 1. The minimum Gasteiger partial charge on any atom is -0.349 e. The van der Waals surface area contributed by atoms with Gasteiger partial charge in [0.1, 0.15) is 0 Å². The van der Waals surface area contributed by atoms with Crippen LogP contribution in [0, 0.1) is 12.8 Å². The summed E-state index contributed by atoms with van der Waals surface area (Å²) < 4.78 is 0. The molecule has 1 saturated heterocycles. The smallest absolute Gasteiger partial charge is 0.223 e. The molecule has 1 heterocycles. The molecule has 1 amide bonds. The summed E-state index contributed by atoms with van der Waals surface area (Å²) in [5, 5.41) is 3.96. The van der Waals surface area contributed by atoms with E-state index in [4.69, 9.17) is 11.6 Å². The summed E-state index contributed by atoms with van der Waals surface area (Å²) in [6, 6.07) is 16.4. The second-order valence-corrected chi connectivity index (χ2v) is 7.76. The zero-order valence-electron chi connectivity index (χ0n) is 15.5. The van der Waals surface area contributed by atoms with Crippen LogP contribution in [0.1, 0.15) is 42.5 Å². The Morgan fingerprint density at radius 2 is 1.88 bits per heavy atom. The van der Waals surface area contributed by atoms with E-state index in [0.29, 0.717) is 0 Å². The number of piperidine rings is 1. The average molecular weight is 371 g/mol. The van der Waals surface area contributed by atoms with Crippen molar-refractivity contribution < 1.29 is 4.79 Å². The van der Waals surface area contributed by atoms with Crippen molar-refractivity contribution in [2.45, 2.75) is 39.3 Å². The van der Waals surface area contributed by atoms with E-state index in [-0.39, 0.29) is 17.9 Å². The van der Waals surface area contributed by atoms with Crippen molar-refractivity contribution in [3.8, 4) is 0 Å². The van der Waals surface area contributed by atoms with Gasteiger partial charge in [0.25, 0.3) is 0 Å². The number of carbonyl (C=O) groups excluding carboxylic acids is 1. The molecule has 1 aliphatic heterocycles. The van der Waals surface area contributed by atoms with E-state index in [1.54, 1.807) is 0 Å². The Morgan fingerprint density at radius 1 is 1.19 bits per heavy atom. The molecule has 0 aliphatic carbocycles. The summed E-state index contributed by atoms with van der Waals surface area (Å²) in [5.74, 6) is 0.291. The first-order valence-electron chi connectivity index (χ1n) is 9.35. The number of hydrogen-bond acceptors (Lipinski definition) is 2. The predicted molar refractivity (Wildman–Crippen MR) is 107 cm³/mol. The Morgan fingerprint density at radius 3 is 2.54 bits per heavy atom. The molecule has 0 bridgehead atoms. The van der Waals surface area contributed by atoms with Crippen LogP contribution in [0.5, 0.6) is 0 Å². The molecule has 1 atom stereocenters. The summed E-state index contributed by atoms with van der Waals surface area (Å²) in [6.45, 7) is 6.92. The lowest BCUT2D eigenvalue weighted by Crippen LogP contribution is -2.40. The van der Waals surface area contributed by atoms with E-state index < -0.39 is 0 Å². The lowest BCUT2D eigenvalue weighted by Gasteiger charge is -2.32. The third-order valence-corrected chi connectivity index (χ3v) is 5.42. The van der Waals surface area contributed by atoms with Crippen molar-refractivity contribution in [3.05, 3.63) is 70.2 Å². The summed E-state index contributed by atoms with van der Waals surface area (Å²) in [6.07, 6.45) is 1.82. The minimum absolute atomic E-state index is 0.0487. The van der Waals surface area contributed by atoms with Crippen molar-refractivity contribution in [2.75, 3.05) is 13.1 Å². The molecule has 0 unspecified atom stereocenters. The lowest BCUT2D eigenvalue weighted by atomic mass is 9.94. The fourth-order valence-corrected chi connectivity index (χ4v) is 3.73. The van der Waals surface area contributed by atoms with E-state index in [2.05, 4.69) is 54.4 Å². The van der Waals surface area contributed by atoms with E-state index in [1.165, 1.54) is 11.1 Å². The first-order valence-corrected chi connectivity index (χ1v) is 9.73. The largest absolute Gasteiger partial charge is 0.349 e. The topological polar surface area (TPSA) is 32.3 Å². The molecule has 4 heteroatoms. The van der Waals surface area contributed by atoms with Gasteiger partial charge in [-0.3, -0.25) is 9.69 Å². The van der Waals surface area contributed by atoms with E-state index in [0.717, 1.165) is 43.1 Å². The zero-order valence-corrected chi connectivity index (χ0v) is 16.3. The van der Waals surface area contributed by atoms with Crippen LogP contribution in [0.4, 0.5) is 0 Å². The third kappa shape index (κ3) is 5.09. The quantitative estimate of drug-likeness (QED) is 0.824. The Hall–Kier alpha value is -1.84. The number of likely N-dealkylation sites (tertiary alicyclic amines) is 1. The molecule has 0 radical (unpaired) electrons. The second-order valence-electron chi connectivity index (χ2n) is 7.32. The number of halogens is 1. The molecule has 0 spiro atoms. The molecule has 138 valence electrons. The summed E-state index contributed by atoms with van der Waals surface area (Å²) in [5.41, 5.74) is 3.62. The van der Waals surface area contributed by atoms with Crippen molar-refractivity contribution in [2.24, 2.45) is 5.92 Å². The highest BCUT2D eigenvalue weighted by Gasteiger charge is 2.26. The van der Waals surface area contributed by atoms with Gasteiger partial charge in [0.05, 0.1) is 6.04 Å². The van der Waals surface area contributed by atoms with Gasteiger partial charge in [-0.15, -0.1) is 0 Å². The number of amides is 1. The molecule has 2 aromatic carbocycles. The molecule has 26 heavy (non-hydrogen) atoms. The number of nitrogens with zero attached hydrogens (tertiary/aromatic N) is 1. The van der Waals surface area contributed by atoms with Crippen LogP contribution in [0.3, 0.4) is 0 Å². The van der Waals surface area contributed by atoms with Gasteiger partial charge in [0.2, 0.25) is 5.91 Å². The number of rotatable bonds is 5. The molecular formula is C22H27ClN2O. The normalized spacial score (nSPS) is 17.0. The predicted octanol–water partition coefficient (Wildman–Crippen LogP) is 4.74. The van der Waals surface area contributed by atoms with Crippen LogP contribution in [-0.2, 0) is 11.3 Å². The van der Waals surface area contributed by atoms with Gasteiger partial charge in [-0.25, -0.2) is 0 Å². The van der Waals surface area contributed by atoms with Crippen LogP contribution in [0.25, 0.3) is 0 Å². The highest BCUT2D eigenvalue weighted by molar-refractivity contribution is 6.30. The molecule has 1 fully saturated rings. The molecule has 3 rings (SSSR count). The lowest BCUT2D eigenvalue weighted by molar-refractivity contribution is -0.127. The maximum atomic E-state index is 12.6. The van der Waals surface area contributed by atoms with Crippen molar-refractivity contribution in [1.29, 1.82) is 0 Å². The van der Waals surface area contributed by atoms with Crippen molar-refractivity contribution in [1.82, 2.24) is 10.2 Å². The minimum atomic E-state index is 0.0487. The Balaban J connectivity index is 1.48. The van der Waals surface area contributed by atoms with Crippen LogP contribution in [0.15, 0.2) is 48.5 Å². The van der Waals surface area contributed by atoms with Gasteiger partial charge in [-0.2, -0.15) is 0 Å². The first kappa shape index (κ1) is 18.9. The van der Waals surface area contributed by atoms with Gasteiger partial charge in [0.15, 0.2) is 0 Å². The Kier molecular flexibility index (Phi) is 6.33. The summed E-state index contributed by atoms with van der Waals surface area (Å²) in [4.78, 5) is 15.0. The molecule has 0 aromatic heterocycles. The average Bonchev–Trinajstić information content (AvgIpc) is 2.63. The summed E-state index contributed by atoms with van der Waals surface area (Å²) >= 11 is 6.06. The van der Waals surface area contributed by atoms with Gasteiger partial charge in [-0.1, -0.05) is 53.6 Å². The first-order chi connectivity index (χ1) is 12.5. The zero-order chi connectivity index (χ0) is 18.5. The number of hydrogen-bond donors (Lipinski definition) is 1. The number of carbonyl (C=O) groups is 1. The molecule has 0 saturated carbocycles. The van der Waals surface area contributed by atoms with Gasteiger partial charge in [0, 0.05) is 17.5 Å². The fourth-order valence-electron chi connectivity index (χ4n) is 3.52. The monoisotopic (exact) mass is 370 g/mol. The second kappa shape index (κ2) is 8.70. The Labute approximate surface area is 161 Å². The maximum absolute atomic E-state index is 12.6. The van der Waals surface area contributed by atoms with Gasteiger partial charge >= 0.3 is 0 Å².